The van der Waals surface area contributed by atoms with E-state index in [1.54, 1.807) is 24.3 Å². The predicted molar refractivity (Wildman–Crippen MR) is 64.0 cm³/mol. The Balaban J connectivity index is 0.00000196. The maximum absolute atomic E-state index is 10.7. The second-order valence-electron chi connectivity index (χ2n) is 2.69. The van der Waals surface area contributed by atoms with Crippen LogP contribution in [0.1, 0.15) is 5.56 Å². The Hall–Kier alpha value is 0.170. The molecule has 0 heterocycles. The van der Waals surface area contributed by atoms with Gasteiger partial charge < -0.3 is 9.79 Å². The average molecular weight is 253 g/mol. The minimum atomic E-state index is -3.98. The van der Waals surface area contributed by atoms with Gasteiger partial charge >= 0.3 is 37.2 Å². The molecule has 0 spiro atoms. The molecule has 0 aliphatic carbocycles. The normalized spacial score (nSPS) is 10.0. The van der Waals surface area contributed by atoms with E-state index in [1.807, 2.05) is 0 Å². The molecule has 0 aromatic heterocycles. The van der Waals surface area contributed by atoms with Crippen molar-refractivity contribution in [2.75, 3.05) is 0 Å². The van der Waals surface area contributed by atoms with Crippen LogP contribution in [0.15, 0.2) is 29.3 Å². The fourth-order valence-electron chi connectivity index (χ4n) is 0.966. The first kappa shape index (κ1) is 15.2. The van der Waals surface area contributed by atoms with Gasteiger partial charge in [0, 0.05) is 0 Å². The van der Waals surface area contributed by atoms with Gasteiger partial charge in [0.2, 0.25) is 0 Å². The van der Waals surface area contributed by atoms with Gasteiger partial charge in [-0.2, -0.15) is 4.99 Å². The molecule has 4 nitrogen and oxygen atoms in total. The van der Waals surface area contributed by atoms with E-state index < -0.39 is 7.60 Å². The van der Waals surface area contributed by atoms with Gasteiger partial charge in [-0.1, -0.05) is 12.1 Å². The molecule has 7 heteroatoms. The summed E-state index contributed by atoms with van der Waals surface area (Å²) in [4.78, 5) is 21.1. The summed E-state index contributed by atoms with van der Waals surface area (Å²) >= 11 is 4.41. The molecule has 0 bridgehead atoms. The Morgan fingerprint density at radius 1 is 1.33 bits per heavy atom. The standard InChI is InChI=1S/C8H8NO3PS.Na.H/c10-13(11,12)5-7-1-3-8(4-2-7)9-6-14;;/h1-4H,5H2,(H2,10,11,12);;. The van der Waals surface area contributed by atoms with Crippen LogP contribution >= 0.6 is 19.8 Å². The third-order valence-corrected chi connectivity index (χ3v) is 2.37. The molecule has 0 atom stereocenters. The number of aliphatic imine (C=N–C) groups is 1. The van der Waals surface area contributed by atoms with E-state index in [4.69, 9.17) is 9.79 Å². The van der Waals surface area contributed by atoms with E-state index in [2.05, 4.69) is 22.4 Å². The molecule has 0 aliphatic rings. The fourth-order valence-corrected chi connectivity index (χ4v) is 1.76. The Kier molecular flexibility index (Phi) is 6.76. The molecule has 0 fully saturated rings. The van der Waals surface area contributed by atoms with E-state index in [0.29, 0.717) is 11.3 Å². The van der Waals surface area contributed by atoms with E-state index in [0.717, 1.165) is 0 Å². The van der Waals surface area contributed by atoms with Crippen molar-refractivity contribution in [3.8, 4) is 0 Å². The summed E-state index contributed by atoms with van der Waals surface area (Å²) in [6, 6.07) is 6.46. The molecule has 1 aromatic carbocycles. The number of hydrogen-bond donors (Lipinski definition) is 2. The van der Waals surface area contributed by atoms with E-state index >= 15 is 0 Å². The van der Waals surface area contributed by atoms with Crippen molar-refractivity contribution in [2.24, 2.45) is 4.99 Å². The van der Waals surface area contributed by atoms with Crippen LogP contribution in [0, 0.1) is 0 Å². The maximum atomic E-state index is 10.7. The van der Waals surface area contributed by atoms with Gasteiger partial charge in [-0.3, -0.25) is 4.57 Å². The Morgan fingerprint density at radius 2 is 1.87 bits per heavy atom. The first-order valence-corrected chi connectivity index (χ1v) is 5.93. The second-order valence-corrected chi connectivity index (χ2v) is 4.52. The van der Waals surface area contributed by atoms with Gasteiger partial charge in [-0.25, -0.2) is 0 Å². The van der Waals surface area contributed by atoms with Crippen molar-refractivity contribution in [1.82, 2.24) is 0 Å². The molecular weight excluding hydrogens is 244 g/mol. The third kappa shape index (κ3) is 6.36. The monoisotopic (exact) mass is 253 g/mol. The average Bonchev–Trinajstić information content (AvgIpc) is 2.06. The molecule has 0 saturated carbocycles. The fraction of sp³-hybridized carbons (Fsp3) is 0.125. The number of nitrogens with zero attached hydrogens (tertiary/aromatic N) is 1. The molecule has 15 heavy (non-hydrogen) atoms. The van der Waals surface area contributed by atoms with Crippen LogP contribution in [0.4, 0.5) is 5.69 Å². The Labute approximate surface area is 115 Å². The van der Waals surface area contributed by atoms with E-state index in [1.165, 1.54) is 0 Å². The van der Waals surface area contributed by atoms with Crippen LogP contribution < -0.4 is 0 Å². The van der Waals surface area contributed by atoms with Crippen molar-refractivity contribution in [3.63, 3.8) is 0 Å². The number of benzene rings is 1. The van der Waals surface area contributed by atoms with Crippen LogP contribution in [0.3, 0.4) is 0 Å². The third-order valence-electron chi connectivity index (χ3n) is 1.50. The second kappa shape index (κ2) is 6.69. The summed E-state index contributed by atoms with van der Waals surface area (Å²) in [6.07, 6.45) is -0.255. The number of thiocarbonyl (C=S) groups is 1. The summed E-state index contributed by atoms with van der Waals surface area (Å²) in [7, 11) is -3.98. The Morgan fingerprint density at radius 3 is 2.27 bits per heavy atom. The van der Waals surface area contributed by atoms with Crippen LogP contribution in [-0.2, 0) is 10.7 Å². The minimum absolute atomic E-state index is 0. The first-order valence-electron chi connectivity index (χ1n) is 3.73. The van der Waals surface area contributed by atoms with E-state index in [9.17, 15) is 4.57 Å². The van der Waals surface area contributed by atoms with Gasteiger partial charge in [0.15, 0.2) is 0 Å². The molecule has 0 saturated heterocycles. The van der Waals surface area contributed by atoms with Gasteiger partial charge in [-0.15, -0.1) is 0 Å². The number of hydrogen-bond acceptors (Lipinski definition) is 3. The number of rotatable bonds is 3. The summed E-state index contributed by atoms with van der Waals surface area (Å²) in [6.45, 7) is 0. The molecule has 0 radical (unpaired) electrons. The van der Waals surface area contributed by atoms with Crippen LogP contribution in [-0.4, -0.2) is 44.5 Å². The zero-order valence-electron chi connectivity index (χ0n) is 7.12. The summed E-state index contributed by atoms with van der Waals surface area (Å²) < 4.78 is 10.7. The zero-order valence-corrected chi connectivity index (χ0v) is 8.83. The van der Waals surface area contributed by atoms with Crippen LogP contribution in [0.2, 0.25) is 0 Å². The summed E-state index contributed by atoms with van der Waals surface area (Å²) in [5.41, 5.74) is 1.19. The molecule has 0 amide bonds. The predicted octanol–water partition coefficient (Wildman–Crippen LogP) is 1.45. The van der Waals surface area contributed by atoms with Crippen molar-refractivity contribution < 1.29 is 14.4 Å². The molecule has 2 N–H and O–H groups in total. The van der Waals surface area contributed by atoms with Crippen molar-refractivity contribution in [1.29, 1.82) is 0 Å². The van der Waals surface area contributed by atoms with Crippen LogP contribution in [0.25, 0.3) is 0 Å². The molecular formula is C8H9NNaO3PS. The molecule has 1 aromatic rings. The molecule has 0 unspecified atom stereocenters. The molecule has 0 aliphatic heterocycles. The van der Waals surface area contributed by atoms with E-state index in [-0.39, 0.29) is 35.7 Å². The molecule has 1 rings (SSSR count). The molecule has 76 valence electrons. The zero-order chi connectivity index (χ0) is 10.6. The quantitative estimate of drug-likeness (QED) is 0.370. The van der Waals surface area contributed by atoms with Gasteiger partial charge in [0.05, 0.1) is 17.0 Å². The first-order chi connectivity index (χ1) is 6.51. The summed E-state index contributed by atoms with van der Waals surface area (Å²) in [5.74, 6) is 0. The van der Waals surface area contributed by atoms with Crippen molar-refractivity contribution >= 4 is 60.2 Å². The SMILES string of the molecule is O=P(O)(O)Cc1ccc(N=C=S)cc1.[NaH]. The van der Waals surface area contributed by atoms with Gasteiger partial charge in [0.25, 0.3) is 0 Å². The van der Waals surface area contributed by atoms with Gasteiger partial charge in [0.1, 0.15) is 0 Å². The van der Waals surface area contributed by atoms with Crippen LogP contribution in [0.5, 0.6) is 0 Å². The summed E-state index contributed by atoms with van der Waals surface area (Å²) in [5, 5.41) is 2.21. The number of isothiocyanates is 1. The van der Waals surface area contributed by atoms with Crippen molar-refractivity contribution in [3.05, 3.63) is 29.8 Å². The Bertz CT molecular complexity index is 410. The van der Waals surface area contributed by atoms with Gasteiger partial charge in [-0.05, 0) is 29.9 Å². The van der Waals surface area contributed by atoms with Crippen molar-refractivity contribution in [2.45, 2.75) is 6.16 Å². The topological polar surface area (TPSA) is 69.9 Å².